The molecule has 1 rings (SSSR count). The number of carbonyl (C=O) groups is 1. The number of aromatic hydroxyl groups is 1. The number of carboxylic acids is 1. The molecule has 0 fully saturated rings. The van der Waals surface area contributed by atoms with E-state index in [-0.39, 0.29) is 5.75 Å². The number of benzene rings is 1. The van der Waals surface area contributed by atoms with Crippen LogP contribution in [0, 0.1) is 37.5 Å². The normalized spacial score (nSPS) is 14.5. The van der Waals surface area contributed by atoms with Crippen LogP contribution >= 0.6 is 0 Å². The van der Waals surface area contributed by atoms with E-state index in [0.717, 1.165) is 29.7 Å². The Kier molecular flexibility index (Phi) is 13.0. The molecule has 0 aromatic heterocycles. The van der Waals surface area contributed by atoms with Crippen LogP contribution in [0.3, 0.4) is 0 Å². The second kappa shape index (κ2) is 14.6. The molecule has 0 radical (unpaired) electrons. The predicted octanol–water partition coefficient (Wildman–Crippen LogP) is 8.72. The molecule has 3 unspecified atom stereocenters. The van der Waals surface area contributed by atoms with Crippen molar-refractivity contribution in [1.82, 2.24) is 0 Å². The third-order valence-corrected chi connectivity index (χ3v) is 7.34. The maximum Gasteiger partial charge on any atom is 0.336 e. The van der Waals surface area contributed by atoms with Crippen LogP contribution in [-0.2, 0) is 6.42 Å². The Morgan fingerprint density at radius 1 is 0.750 bits per heavy atom. The second-order valence-corrected chi connectivity index (χ2v) is 11.0. The van der Waals surface area contributed by atoms with E-state index in [1.165, 1.54) is 57.8 Å². The monoisotopic (exact) mass is 446 g/mol. The van der Waals surface area contributed by atoms with Crippen molar-refractivity contribution in [2.45, 2.75) is 119 Å². The molecule has 32 heavy (non-hydrogen) atoms. The molecule has 184 valence electrons. The molecule has 0 aliphatic heterocycles. The lowest BCUT2D eigenvalue weighted by Crippen LogP contribution is -2.09. The molecular weight excluding hydrogens is 396 g/mol. The first-order chi connectivity index (χ1) is 15.0. The Balaban J connectivity index is 2.30. The van der Waals surface area contributed by atoms with Gasteiger partial charge in [-0.15, -0.1) is 0 Å². The summed E-state index contributed by atoms with van der Waals surface area (Å²) in [6, 6.07) is 1.66. The van der Waals surface area contributed by atoms with Crippen molar-refractivity contribution < 1.29 is 15.0 Å². The highest BCUT2D eigenvalue weighted by atomic mass is 16.4. The van der Waals surface area contributed by atoms with Crippen LogP contribution in [0.5, 0.6) is 5.75 Å². The molecule has 0 spiro atoms. The van der Waals surface area contributed by atoms with Crippen LogP contribution in [0.15, 0.2) is 6.07 Å². The van der Waals surface area contributed by atoms with Crippen LogP contribution in [0.1, 0.15) is 126 Å². The third kappa shape index (κ3) is 10.4. The molecule has 0 saturated heterocycles. The molecule has 0 bridgehead atoms. The highest BCUT2D eigenvalue weighted by molar-refractivity contribution is 5.92. The Hall–Kier alpha value is -1.51. The van der Waals surface area contributed by atoms with Gasteiger partial charge in [0, 0.05) is 0 Å². The summed E-state index contributed by atoms with van der Waals surface area (Å²) in [5.74, 6) is 2.36. The van der Waals surface area contributed by atoms with Gasteiger partial charge in [0.15, 0.2) is 0 Å². The Morgan fingerprint density at radius 2 is 1.19 bits per heavy atom. The van der Waals surface area contributed by atoms with Crippen molar-refractivity contribution in [3.63, 3.8) is 0 Å². The van der Waals surface area contributed by atoms with Gasteiger partial charge in [-0.25, -0.2) is 4.79 Å². The highest BCUT2D eigenvalue weighted by Crippen LogP contribution is 2.29. The fourth-order valence-corrected chi connectivity index (χ4v) is 4.80. The lowest BCUT2D eigenvalue weighted by atomic mass is 9.88. The topological polar surface area (TPSA) is 57.5 Å². The summed E-state index contributed by atoms with van der Waals surface area (Å²) < 4.78 is 0. The fourth-order valence-electron chi connectivity index (χ4n) is 4.80. The van der Waals surface area contributed by atoms with Gasteiger partial charge in [0.1, 0.15) is 5.75 Å². The molecule has 1 aromatic rings. The number of aromatic carboxylic acids is 1. The van der Waals surface area contributed by atoms with Crippen LogP contribution < -0.4 is 0 Å². The number of carboxylic acid groups (broad SMARTS) is 1. The number of aryl methyl sites for hydroxylation is 1. The van der Waals surface area contributed by atoms with Gasteiger partial charge in [0.2, 0.25) is 0 Å². The summed E-state index contributed by atoms with van der Waals surface area (Å²) in [6.07, 6.45) is 13.6. The summed E-state index contributed by atoms with van der Waals surface area (Å²) in [6.45, 7) is 15.3. The van der Waals surface area contributed by atoms with E-state index < -0.39 is 5.97 Å². The molecule has 0 aliphatic carbocycles. The molecule has 1 aromatic carbocycles. The van der Waals surface area contributed by atoms with Crippen LogP contribution in [0.2, 0.25) is 0 Å². The van der Waals surface area contributed by atoms with Crippen LogP contribution in [0.25, 0.3) is 0 Å². The van der Waals surface area contributed by atoms with Crippen molar-refractivity contribution >= 4 is 5.97 Å². The molecule has 3 nitrogen and oxygen atoms in total. The predicted molar refractivity (Wildman–Crippen MR) is 137 cm³/mol. The van der Waals surface area contributed by atoms with Gasteiger partial charge < -0.3 is 10.2 Å². The van der Waals surface area contributed by atoms with Crippen LogP contribution in [-0.4, -0.2) is 16.2 Å². The molecule has 3 heteroatoms. The van der Waals surface area contributed by atoms with E-state index in [2.05, 4.69) is 34.6 Å². The first-order valence-corrected chi connectivity index (χ1v) is 13.1. The summed E-state index contributed by atoms with van der Waals surface area (Å²) in [5.41, 5.74) is 2.49. The van der Waals surface area contributed by atoms with Gasteiger partial charge in [0.05, 0.1) is 5.56 Å². The van der Waals surface area contributed by atoms with Crippen molar-refractivity contribution in [3.05, 3.63) is 28.3 Å². The molecule has 0 amide bonds. The number of hydrogen-bond acceptors (Lipinski definition) is 2. The SMILES string of the molecule is Cc1c(O)cc(CCC(C)CCCC(C)CCCC(C)CCCC(C)C)c(C(=O)O)c1C. The minimum Gasteiger partial charge on any atom is -0.508 e. The van der Waals surface area contributed by atoms with E-state index in [1.54, 1.807) is 19.9 Å². The maximum absolute atomic E-state index is 11.7. The quantitative estimate of drug-likeness (QED) is 0.267. The highest BCUT2D eigenvalue weighted by Gasteiger charge is 2.18. The Bertz CT molecular complexity index is 692. The van der Waals surface area contributed by atoms with E-state index in [9.17, 15) is 15.0 Å². The van der Waals surface area contributed by atoms with Gasteiger partial charge in [0.25, 0.3) is 0 Å². The van der Waals surface area contributed by atoms with Crippen molar-refractivity contribution in [2.75, 3.05) is 0 Å². The molecule has 0 aliphatic rings. The van der Waals surface area contributed by atoms with E-state index >= 15 is 0 Å². The molecule has 2 N–H and O–H groups in total. The lowest BCUT2D eigenvalue weighted by molar-refractivity contribution is 0.0694. The standard InChI is InChI=1S/C29H50O3/c1-20(2)11-8-12-21(3)13-9-14-22(4)15-10-16-23(5)17-18-26-19-27(30)24(6)25(7)28(26)29(31)32/h19-23,30H,8-18H2,1-7H3,(H,31,32). The summed E-state index contributed by atoms with van der Waals surface area (Å²) in [5, 5.41) is 19.7. The fraction of sp³-hybridized carbons (Fsp3) is 0.759. The Labute approximate surface area is 198 Å². The van der Waals surface area contributed by atoms with Gasteiger partial charge in [-0.05, 0) is 73.1 Å². The summed E-state index contributed by atoms with van der Waals surface area (Å²) in [4.78, 5) is 11.7. The molecule has 3 atom stereocenters. The van der Waals surface area contributed by atoms with E-state index in [0.29, 0.717) is 29.0 Å². The Morgan fingerprint density at radius 3 is 1.62 bits per heavy atom. The minimum absolute atomic E-state index is 0.207. The largest absolute Gasteiger partial charge is 0.508 e. The number of phenols is 1. The zero-order valence-corrected chi connectivity index (χ0v) is 22.0. The smallest absolute Gasteiger partial charge is 0.336 e. The first kappa shape index (κ1) is 28.5. The molecule has 0 heterocycles. The number of hydrogen-bond donors (Lipinski definition) is 2. The minimum atomic E-state index is -0.892. The van der Waals surface area contributed by atoms with Crippen molar-refractivity contribution in [1.29, 1.82) is 0 Å². The van der Waals surface area contributed by atoms with Crippen molar-refractivity contribution in [3.8, 4) is 5.75 Å². The summed E-state index contributed by atoms with van der Waals surface area (Å²) in [7, 11) is 0. The van der Waals surface area contributed by atoms with Gasteiger partial charge in [-0.1, -0.05) is 92.4 Å². The van der Waals surface area contributed by atoms with Gasteiger partial charge >= 0.3 is 5.97 Å². The zero-order valence-electron chi connectivity index (χ0n) is 22.0. The van der Waals surface area contributed by atoms with Gasteiger partial charge in [-0.3, -0.25) is 0 Å². The summed E-state index contributed by atoms with van der Waals surface area (Å²) >= 11 is 0. The number of rotatable bonds is 16. The zero-order chi connectivity index (χ0) is 24.3. The molecular formula is C29H50O3. The average Bonchev–Trinajstić information content (AvgIpc) is 2.69. The lowest BCUT2D eigenvalue weighted by Gasteiger charge is -2.17. The van der Waals surface area contributed by atoms with E-state index in [4.69, 9.17) is 0 Å². The molecule has 0 saturated carbocycles. The average molecular weight is 447 g/mol. The first-order valence-electron chi connectivity index (χ1n) is 13.1. The van der Waals surface area contributed by atoms with Crippen molar-refractivity contribution in [2.24, 2.45) is 23.7 Å². The van der Waals surface area contributed by atoms with E-state index in [1.807, 2.05) is 0 Å². The number of phenolic OH excluding ortho intramolecular Hbond substituents is 1. The van der Waals surface area contributed by atoms with Gasteiger partial charge in [-0.2, -0.15) is 0 Å². The maximum atomic E-state index is 11.7. The van der Waals surface area contributed by atoms with Crippen LogP contribution in [0.4, 0.5) is 0 Å². The second-order valence-electron chi connectivity index (χ2n) is 11.0. The third-order valence-electron chi connectivity index (χ3n) is 7.34.